The molecular weight excluding hydrogens is 156 g/mol. The quantitative estimate of drug-likeness (QED) is 0.398. The Hall–Kier alpha value is -0.770. The van der Waals surface area contributed by atoms with E-state index in [-0.39, 0.29) is 0 Å². The molecule has 0 saturated carbocycles. The summed E-state index contributed by atoms with van der Waals surface area (Å²) in [6.45, 7) is 6.88. The van der Waals surface area contributed by atoms with E-state index < -0.39 is 6.09 Å². The number of rotatable bonds is 4. The molecule has 0 aromatic rings. The number of hydrogen-bond donors (Lipinski definition) is 1. The second-order valence-corrected chi connectivity index (χ2v) is 3.16. The normalized spacial score (nSPS) is 10.1. The standard InChI is InChI=1S/C8H18N2O2/c1-4-5-10(9)8(11)12-6-7(2)3/h7H,4-6,9H2,1-3H3. The molecule has 72 valence electrons. The van der Waals surface area contributed by atoms with Gasteiger partial charge >= 0.3 is 6.09 Å². The second kappa shape index (κ2) is 5.83. The molecule has 0 aliphatic heterocycles. The van der Waals surface area contributed by atoms with Crippen LogP contribution in [0.15, 0.2) is 0 Å². The molecule has 0 saturated heterocycles. The molecule has 0 bridgehead atoms. The number of ether oxygens (including phenoxy) is 1. The van der Waals surface area contributed by atoms with Gasteiger partial charge in [0.25, 0.3) is 0 Å². The minimum Gasteiger partial charge on any atom is -0.448 e. The Morgan fingerprint density at radius 3 is 2.58 bits per heavy atom. The Bertz CT molecular complexity index is 137. The zero-order chi connectivity index (χ0) is 9.56. The lowest BCUT2D eigenvalue weighted by Crippen LogP contribution is -2.38. The van der Waals surface area contributed by atoms with Crippen LogP contribution in [0.25, 0.3) is 0 Å². The minimum absolute atomic E-state index is 0.351. The van der Waals surface area contributed by atoms with E-state index in [0.29, 0.717) is 19.1 Å². The van der Waals surface area contributed by atoms with Gasteiger partial charge in [-0.15, -0.1) is 0 Å². The maximum Gasteiger partial charge on any atom is 0.424 e. The summed E-state index contributed by atoms with van der Waals surface area (Å²) in [6, 6.07) is 0. The molecule has 1 amide bonds. The average molecular weight is 174 g/mol. The van der Waals surface area contributed by atoms with E-state index in [0.717, 1.165) is 11.4 Å². The molecule has 0 aliphatic carbocycles. The van der Waals surface area contributed by atoms with Crippen LogP contribution < -0.4 is 5.84 Å². The van der Waals surface area contributed by atoms with Gasteiger partial charge in [0.2, 0.25) is 0 Å². The molecule has 0 heterocycles. The van der Waals surface area contributed by atoms with E-state index in [1.807, 2.05) is 20.8 Å². The van der Waals surface area contributed by atoms with Gasteiger partial charge in [-0.1, -0.05) is 20.8 Å². The number of carbonyl (C=O) groups is 1. The van der Waals surface area contributed by atoms with Gasteiger partial charge in [-0.05, 0) is 12.3 Å². The highest BCUT2D eigenvalue weighted by Gasteiger charge is 2.09. The molecule has 12 heavy (non-hydrogen) atoms. The largest absolute Gasteiger partial charge is 0.448 e. The lowest BCUT2D eigenvalue weighted by molar-refractivity contribution is 0.0921. The van der Waals surface area contributed by atoms with Crippen LogP contribution in [0.3, 0.4) is 0 Å². The number of amides is 1. The fraction of sp³-hybridized carbons (Fsp3) is 0.875. The van der Waals surface area contributed by atoms with Crippen molar-refractivity contribution in [2.24, 2.45) is 11.8 Å². The lowest BCUT2D eigenvalue weighted by Gasteiger charge is -2.15. The first-order valence-electron chi connectivity index (χ1n) is 4.27. The van der Waals surface area contributed by atoms with Crippen molar-refractivity contribution in [3.05, 3.63) is 0 Å². The molecule has 0 fully saturated rings. The SMILES string of the molecule is CCCN(N)C(=O)OCC(C)C. The Morgan fingerprint density at radius 1 is 1.58 bits per heavy atom. The zero-order valence-corrected chi connectivity index (χ0v) is 8.04. The van der Waals surface area contributed by atoms with Crippen LogP contribution in [0.4, 0.5) is 4.79 Å². The summed E-state index contributed by atoms with van der Waals surface area (Å²) in [6.07, 6.45) is 0.401. The Balaban J connectivity index is 3.57. The molecule has 0 aromatic carbocycles. The minimum atomic E-state index is -0.439. The molecule has 0 aliphatic rings. The van der Waals surface area contributed by atoms with E-state index in [1.54, 1.807) is 0 Å². The summed E-state index contributed by atoms with van der Waals surface area (Å²) in [4.78, 5) is 11.0. The van der Waals surface area contributed by atoms with Crippen molar-refractivity contribution in [3.63, 3.8) is 0 Å². The summed E-state index contributed by atoms with van der Waals surface area (Å²) >= 11 is 0. The third-order valence-electron chi connectivity index (χ3n) is 1.24. The van der Waals surface area contributed by atoms with E-state index in [2.05, 4.69) is 0 Å². The molecule has 0 spiro atoms. The topological polar surface area (TPSA) is 55.6 Å². The number of hydrogen-bond acceptors (Lipinski definition) is 3. The van der Waals surface area contributed by atoms with Gasteiger partial charge in [0.15, 0.2) is 0 Å². The first kappa shape index (κ1) is 11.2. The van der Waals surface area contributed by atoms with Crippen LogP contribution in [-0.4, -0.2) is 24.3 Å². The van der Waals surface area contributed by atoms with Crippen molar-refractivity contribution >= 4 is 6.09 Å². The first-order valence-corrected chi connectivity index (χ1v) is 4.27. The monoisotopic (exact) mass is 174 g/mol. The summed E-state index contributed by atoms with van der Waals surface area (Å²) < 4.78 is 4.88. The van der Waals surface area contributed by atoms with Crippen molar-refractivity contribution in [1.82, 2.24) is 5.01 Å². The molecule has 0 atom stereocenters. The summed E-state index contributed by atoms with van der Waals surface area (Å²) in [5, 5.41) is 1.10. The highest BCUT2D eigenvalue weighted by atomic mass is 16.6. The predicted octanol–water partition coefficient (Wildman–Crippen LogP) is 1.36. The number of nitrogens with zero attached hydrogens (tertiary/aromatic N) is 1. The van der Waals surface area contributed by atoms with Crippen LogP contribution in [-0.2, 0) is 4.74 Å². The Morgan fingerprint density at radius 2 is 2.17 bits per heavy atom. The predicted molar refractivity (Wildman–Crippen MR) is 47.4 cm³/mol. The van der Waals surface area contributed by atoms with Gasteiger partial charge in [-0.2, -0.15) is 0 Å². The van der Waals surface area contributed by atoms with Crippen molar-refractivity contribution in [2.75, 3.05) is 13.2 Å². The maximum atomic E-state index is 11.0. The number of hydrazine groups is 1. The molecule has 0 rings (SSSR count). The second-order valence-electron chi connectivity index (χ2n) is 3.16. The first-order chi connectivity index (χ1) is 5.57. The maximum absolute atomic E-state index is 11.0. The van der Waals surface area contributed by atoms with Crippen molar-refractivity contribution in [1.29, 1.82) is 0 Å². The van der Waals surface area contributed by atoms with Crippen LogP contribution >= 0.6 is 0 Å². The fourth-order valence-electron chi connectivity index (χ4n) is 0.653. The third-order valence-corrected chi connectivity index (χ3v) is 1.24. The Labute approximate surface area is 73.6 Å². The van der Waals surface area contributed by atoms with Gasteiger partial charge in [0, 0.05) is 6.54 Å². The van der Waals surface area contributed by atoms with Gasteiger partial charge < -0.3 is 4.74 Å². The number of carbonyl (C=O) groups excluding carboxylic acids is 1. The molecular formula is C8H18N2O2. The highest BCUT2D eigenvalue weighted by Crippen LogP contribution is 1.95. The highest BCUT2D eigenvalue weighted by molar-refractivity contribution is 5.66. The fourth-order valence-corrected chi connectivity index (χ4v) is 0.653. The molecule has 0 aromatic heterocycles. The van der Waals surface area contributed by atoms with Crippen LogP contribution in [0, 0.1) is 5.92 Å². The summed E-state index contributed by atoms with van der Waals surface area (Å²) in [5.74, 6) is 5.72. The summed E-state index contributed by atoms with van der Waals surface area (Å²) in [7, 11) is 0. The third kappa shape index (κ3) is 4.96. The Kier molecular flexibility index (Phi) is 5.45. The molecule has 2 N–H and O–H groups in total. The molecule has 4 nitrogen and oxygen atoms in total. The van der Waals surface area contributed by atoms with Crippen LogP contribution in [0.5, 0.6) is 0 Å². The van der Waals surface area contributed by atoms with Crippen LogP contribution in [0.1, 0.15) is 27.2 Å². The average Bonchev–Trinajstić information content (AvgIpc) is 2.00. The smallest absolute Gasteiger partial charge is 0.424 e. The molecule has 4 heteroatoms. The van der Waals surface area contributed by atoms with E-state index >= 15 is 0 Å². The zero-order valence-electron chi connectivity index (χ0n) is 8.04. The van der Waals surface area contributed by atoms with E-state index in [9.17, 15) is 4.79 Å². The van der Waals surface area contributed by atoms with E-state index in [4.69, 9.17) is 10.6 Å². The van der Waals surface area contributed by atoms with Crippen molar-refractivity contribution in [3.8, 4) is 0 Å². The van der Waals surface area contributed by atoms with Gasteiger partial charge in [-0.25, -0.2) is 15.6 Å². The van der Waals surface area contributed by atoms with Crippen LogP contribution in [0.2, 0.25) is 0 Å². The lowest BCUT2D eigenvalue weighted by atomic mass is 10.2. The summed E-state index contributed by atoms with van der Waals surface area (Å²) in [5.41, 5.74) is 0. The molecule has 0 radical (unpaired) electrons. The van der Waals surface area contributed by atoms with E-state index in [1.165, 1.54) is 0 Å². The van der Waals surface area contributed by atoms with Gasteiger partial charge in [0.1, 0.15) is 0 Å². The van der Waals surface area contributed by atoms with Crippen molar-refractivity contribution in [2.45, 2.75) is 27.2 Å². The number of nitrogens with two attached hydrogens (primary N) is 1. The van der Waals surface area contributed by atoms with Gasteiger partial charge in [-0.3, -0.25) is 0 Å². The van der Waals surface area contributed by atoms with Crippen molar-refractivity contribution < 1.29 is 9.53 Å². The molecule has 0 unspecified atom stereocenters. The van der Waals surface area contributed by atoms with Gasteiger partial charge in [0.05, 0.1) is 6.61 Å².